The molecule has 9 nitrogen and oxygen atoms in total. The summed E-state index contributed by atoms with van der Waals surface area (Å²) in [7, 11) is -8.01. The number of benzene rings is 1. The van der Waals surface area contributed by atoms with Gasteiger partial charge in [-0.1, -0.05) is 5.92 Å². The monoisotopic (exact) mass is 453 g/mol. The first kappa shape index (κ1) is 24.1. The largest absolute Gasteiger partial charge is 0.741 e. The molecule has 29 heavy (non-hydrogen) atoms. The summed E-state index contributed by atoms with van der Waals surface area (Å²) in [6, 6.07) is 5.67. The molecular weight excluding hydrogens is 439 g/mol. The van der Waals surface area contributed by atoms with E-state index in [1.165, 1.54) is 36.8 Å². The van der Waals surface area contributed by atoms with Crippen molar-refractivity contribution in [3.63, 3.8) is 0 Å². The van der Waals surface area contributed by atoms with Crippen LogP contribution in [0.2, 0.25) is 0 Å². The molecular formula is C15H14F3N3O6S2. The highest BCUT2D eigenvalue weighted by Gasteiger charge is 2.36. The molecule has 1 aromatic carbocycles. The quantitative estimate of drug-likeness (QED) is 0.299. The molecule has 1 aromatic heterocycles. The van der Waals surface area contributed by atoms with Crippen molar-refractivity contribution in [3.8, 4) is 12.3 Å². The second-order valence-electron chi connectivity index (χ2n) is 5.23. The van der Waals surface area contributed by atoms with Gasteiger partial charge in [0.05, 0.1) is 13.6 Å². The van der Waals surface area contributed by atoms with Gasteiger partial charge >= 0.3 is 15.5 Å². The zero-order valence-electron chi connectivity index (χ0n) is 14.6. The summed E-state index contributed by atoms with van der Waals surface area (Å²) in [6.07, 6.45) is 9.57. The lowest BCUT2D eigenvalue weighted by molar-refractivity contribution is -0.670. The summed E-state index contributed by atoms with van der Waals surface area (Å²) < 4.78 is 86.3. The Morgan fingerprint density at radius 1 is 1.24 bits per heavy atom. The molecule has 0 fully saturated rings. The SMILES string of the molecule is C#CCNC(=O)c1ccc(S(=O)(=O)n2cc[n+](C)c2)cc1.O=S(=O)([O-])C(F)(F)F. The number of hydrogen-bond donors (Lipinski definition) is 1. The Kier molecular flexibility index (Phi) is 7.55. The second-order valence-corrected chi connectivity index (χ2v) is 8.44. The molecule has 1 heterocycles. The molecule has 14 heteroatoms. The lowest BCUT2D eigenvalue weighted by Crippen LogP contribution is -2.25. The summed E-state index contributed by atoms with van der Waals surface area (Å²) in [4.78, 5) is 11.8. The van der Waals surface area contributed by atoms with E-state index in [2.05, 4.69) is 11.2 Å². The zero-order chi connectivity index (χ0) is 22.5. The maximum atomic E-state index is 12.3. The Labute approximate surface area is 164 Å². The van der Waals surface area contributed by atoms with Gasteiger partial charge in [-0.25, -0.2) is 13.0 Å². The summed E-state index contributed by atoms with van der Waals surface area (Å²) in [5, 5.41) is 2.51. The van der Waals surface area contributed by atoms with Gasteiger partial charge in [0.1, 0.15) is 17.3 Å². The lowest BCUT2D eigenvalue weighted by atomic mass is 10.2. The van der Waals surface area contributed by atoms with Gasteiger partial charge < -0.3 is 9.87 Å². The third-order valence-corrected chi connectivity index (χ3v) is 5.28. The third-order valence-electron chi connectivity index (χ3n) is 3.07. The van der Waals surface area contributed by atoms with Gasteiger partial charge in [-0.15, -0.1) is 10.4 Å². The van der Waals surface area contributed by atoms with E-state index in [9.17, 15) is 26.4 Å². The van der Waals surface area contributed by atoms with Crippen molar-refractivity contribution in [2.24, 2.45) is 7.05 Å². The number of halogens is 3. The first-order valence-electron chi connectivity index (χ1n) is 7.33. The number of terminal acetylenes is 1. The Bertz CT molecular complexity index is 1120. The number of amides is 1. The highest BCUT2D eigenvalue weighted by molar-refractivity contribution is 7.90. The Morgan fingerprint density at radius 3 is 2.14 bits per heavy atom. The van der Waals surface area contributed by atoms with Gasteiger partial charge in [-0.2, -0.15) is 21.6 Å². The molecule has 0 saturated carbocycles. The minimum atomic E-state index is -6.09. The molecule has 0 unspecified atom stereocenters. The molecule has 0 radical (unpaired) electrons. The smallest absolute Gasteiger partial charge is 0.485 e. The minimum absolute atomic E-state index is 0.104. The van der Waals surface area contributed by atoms with Gasteiger partial charge in [0.15, 0.2) is 10.1 Å². The number of aryl methyl sites for hydroxylation is 1. The fraction of sp³-hybridized carbons (Fsp3) is 0.200. The highest BCUT2D eigenvalue weighted by Crippen LogP contribution is 2.20. The van der Waals surface area contributed by atoms with Crippen LogP contribution in [0.1, 0.15) is 10.4 Å². The predicted octanol–water partition coefficient (Wildman–Crippen LogP) is -0.0360. The average molecular weight is 453 g/mol. The molecule has 158 valence electrons. The normalized spacial score (nSPS) is 11.7. The van der Waals surface area contributed by atoms with E-state index in [1.807, 2.05) is 0 Å². The molecule has 0 spiro atoms. The number of imidazole rings is 1. The minimum Gasteiger partial charge on any atom is -0.741 e. The van der Waals surface area contributed by atoms with E-state index < -0.39 is 25.6 Å². The van der Waals surface area contributed by atoms with E-state index in [0.717, 1.165) is 3.97 Å². The molecule has 0 saturated heterocycles. The topological polar surface area (TPSA) is 129 Å². The van der Waals surface area contributed by atoms with Crippen molar-refractivity contribution in [2.45, 2.75) is 10.4 Å². The third kappa shape index (κ3) is 6.59. The van der Waals surface area contributed by atoms with Crippen molar-refractivity contribution in [3.05, 3.63) is 48.5 Å². The number of hydrogen-bond acceptors (Lipinski definition) is 6. The number of nitrogens with zero attached hydrogens (tertiary/aromatic N) is 2. The van der Waals surface area contributed by atoms with Gasteiger partial charge in [0, 0.05) is 5.56 Å². The molecule has 1 amide bonds. The number of carbonyl (C=O) groups excluding carboxylic acids is 1. The van der Waals surface area contributed by atoms with Crippen LogP contribution in [0, 0.1) is 12.3 Å². The Balaban J connectivity index is 0.000000447. The van der Waals surface area contributed by atoms with Gasteiger partial charge in [-0.3, -0.25) is 4.79 Å². The number of carbonyl (C=O) groups is 1. The molecule has 1 N–H and O–H groups in total. The summed E-state index contributed by atoms with van der Waals surface area (Å²) in [5.41, 5.74) is -5.30. The van der Waals surface area contributed by atoms with Crippen molar-refractivity contribution >= 4 is 26.0 Å². The zero-order valence-corrected chi connectivity index (χ0v) is 16.3. The molecule has 0 aliphatic heterocycles. The van der Waals surface area contributed by atoms with Crippen LogP contribution in [0.15, 0.2) is 47.9 Å². The van der Waals surface area contributed by atoms with Gasteiger partial charge in [0.2, 0.25) is 0 Å². The molecule has 0 aliphatic rings. The maximum Gasteiger partial charge on any atom is 0.485 e. The van der Waals surface area contributed by atoms with E-state index in [-0.39, 0.29) is 17.3 Å². The number of nitrogens with one attached hydrogen (secondary N) is 1. The van der Waals surface area contributed by atoms with Crippen molar-refractivity contribution < 1.29 is 43.9 Å². The van der Waals surface area contributed by atoms with Crippen molar-refractivity contribution in [2.75, 3.05) is 6.54 Å². The maximum absolute atomic E-state index is 12.3. The van der Waals surface area contributed by atoms with Crippen LogP contribution in [-0.4, -0.2) is 43.3 Å². The lowest BCUT2D eigenvalue weighted by Gasteiger charge is -2.08. The average Bonchev–Trinajstić information content (AvgIpc) is 3.06. The van der Waals surface area contributed by atoms with Crippen LogP contribution in [0.5, 0.6) is 0 Å². The standard InChI is InChI=1S/C14H13N3O3S.CHF3O3S/c1-3-8-15-14(18)12-4-6-13(7-5-12)21(19,20)17-10-9-16(2)11-17;2-1(3,4)8(5,6)7/h1,4-7,9-11H,8H2,2H3;(H,5,6,7). The van der Waals surface area contributed by atoms with E-state index in [0.29, 0.717) is 5.56 Å². The van der Waals surface area contributed by atoms with Crippen molar-refractivity contribution in [1.82, 2.24) is 9.29 Å². The van der Waals surface area contributed by atoms with Crippen LogP contribution in [0.3, 0.4) is 0 Å². The fourth-order valence-electron chi connectivity index (χ4n) is 1.70. The number of aromatic nitrogens is 2. The van der Waals surface area contributed by atoms with Crippen LogP contribution < -0.4 is 9.88 Å². The first-order valence-corrected chi connectivity index (χ1v) is 10.2. The first-order chi connectivity index (χ1) is 13.2. The summed E-state index contributed by atoms with van der Waals surface area (Å²) >= 11 is 0. The number of alkyl halides is 3. The van der Waals surface area contributed by atoms with Gasteiger partial charge in [0.25, 0.3) is 12.2 Å². The van der Waals surface area contributed by atoms with E-state index in [1.54, 1.807) is 17.8 Å². The predicted molar refractivity (Wildman–Crippen MR) is 91.6 cm³/mol. The Hall–Kier alpha value is -2.89. The van der Waals surface area contributed by atoms with Crippen LogP contribution in [-0.2, 0) is 27.2 Å². The van der Waals surface area contributed by atoms with Crippen LogP contribution >= 0.6 is 0 Å². The van der Waals surface area contributed by atoms with E-state index in [4.69, 9.17) is 19.4 Å². The highest BCUT2D eigenvalue weighted by atomic mass is 32.2. The Morgan fingerprint density at radius 2 is 1.76 bits per heavy atom. The molecule has 0 bridgehead atoms. The molecule has 0 aliphatic carbocycles. The van der Waals surface area contributed by atoms with Crippen molar-refractivity contribution in [1.29, 1.82) is 0 Å². The summed E-state index contributed by atoms with van der Waals surface area (Å²) in [6.45, 7) is 0.124. The van der Waals surface area contributed by atoms with E-state index >= 15 is 0 Å². The fourth-order valence-corrected chi connectivity index (χ4v) is 2.91. The molecule has 0 atom stereocenters. The molecule has 2 rings (SSSR count). The van der Waals surface area contributed by atoms with Crippen LogP contribution in [0.25, 0.3) is 0 Å². The van der Waals surface area contributed by atoms with Gasteiger partial charge in [-0.05, 0) is 24.3 Å². The van der Waals surface area contributed by atoms with Crippen LogP contribution in [0.4, 0.5) is 13.2 Å². The number of rotatable bonds is 4. The molecule has 2 aromatic rings. The summed E-state index contributed by atoms with van der Waals surface area (Å²) in [5.74, 6) is 1.95. The second kappa shape index (κ2) is 9.07.